The first-order valence-corrected chi connectivity index (χ1v) is 8.20. The average Bonchev–Trinajstić information content (AvgIpc) is 2.47. The Kier molecular flexibility index (Phi) is 8.52. The van der Waals surface area contributed by atoms with Crippen molar-refractivity contribution in [3.8, 4) is 0 Å². The average molecular weight is 279 g/mol. The van der Waals surface area contributed by atoms with Crippen LogP contribution in [0.4, 0.5) is 4.39 Å². The molecule has 20 heavy (non-hydrogen) atoms. The van der Waals surface area contributed by atoms with E-state index in [1.165, 1.54) is 25.7 Å². The second-order valence-electron chi connectivity index (χ2n) is 5.68. The third-order valence-corrected chi connectivity index (χ3v) is 4.03. The number of rotatable bonds is 10. The number of hydrogen-bond acceptors (Lipinski definition) is 1. The van der Waals surface area contributed by atoms with Crippen LogP contribution >= 0.6 is 0 Å². The summed E-state index contributed by atoms with van der Waals surface area (Å²) in [6, 6.07) is 7.35. The van der Waals surface area contributed by atoms with Crippen LogP contribution in [0.1, 0.15) is 70.9 Å². The van der Waals surface area contributed by atoms with Crippen LogP contribution in [0.2, 0.25) is 0 Å². The molecule has 0 spiro atoms. The third-order valence-electron chi connectivity index (χ3n) is 4.03. The number of nitrogens with one attached hydrogen (secondary N) is 1. The number of halogens is 1. The van der Waals surface area contributed by atoms with Crippen molar-refractivity contribution in [1.29, 1.82) is 0 Å². The van der Waals surface area contributed by atoms with E-state index < -0.39 is 0 Å². The quantitative estimate of drug-likeness (QED) is 0.598. The molecule has 0 radical (unpaired) electrons. The molecule has 0 saturated carbocycles. The SMILES string of the molecule is CCCCC(CC)CC(NCCC)c1ccccc1F. The van der Waals surface area contributed by atoms with Gasteiger partial charge in [-0.3, -0.25) is 0 Å². The normalized spacial score (nSPS) is 14.2. The van der Waals surface area contributed by atoms with Crippen LogP contribution in [0.5, 0.6) is 0 Å². The Morgan fingerprint density at radius 1 is 1.10 bits per heavy atom. The molecule has 0 aromatic heterocycles. The molecular formula is C18H30FN. The molecule has 2 heteroatoms. The maximum Gasteiger partial charge on any atom is 0.127 e. The molecule has 1 nitrogen and oxygen atoms in total. The van der Waals surface area contributed by atoms with Gasteiger partial charge in [-0.05, 0) is 31.4 Å². The van der Waals surface area contributed by atoms with Crippen molar-refractivity contribution < 1.29 is 4.39 Å². The first-order valence-electron chi connectivity index (χ1n) is 8.20. The highest BCUT2D eigenvalue weighted by atomic mass is 19.1. The third kappa shape index (κ3) is 5.62. The lowest BCUT2D eigenvalue weighted by molar-refractivity contribution is 0.348. The topological polar surface area (TPSA) is 12.0 Å². The van der Waals surface area contributed by atoms with Crippen LogP contribution in [0, 0.1) is 11.7 Å². The van der Waals surface area contributed by atoms with Gasteiger partial charge < -0.3 is 5.32 Å². The van der Waals surface area contributed by atoms with E-state index in [0.29, 0.717) is 5.92 Å². The first-order chi connectivity index (χ1) is 9.72. The predicted molar refractivity (Wildman–Crippen MR) is 85.4 cm³/mol. The van der Waals surface area contributed by atoms with Gasteiger partial charge >= 0.3 is 0 Å². The molecular weight excluding hydrogens is 249 g/mol. The highest BCUT2D eigenvalue weighted by Crippen LogP contribution is 2.28. The molecule has 2 unspecified atom stereocenters. The first kappa shape index (κ1) is 17.2. The van der Waals surface area contributed by atoms with Gasteiger partial charge in [0.25, 0.3) is 0 Å². The highest BCUT2D eigenvalue weighted by molar-refractivity contribution is 5.21. The Bertz CT molecular complexity index is 364. The Morgan fingerprint density at radius 3 is 2.45 bits per heavy atom. The summed E-state index contributed by atoms with van der Waals surface area (Å²) in [6.45, 7) is 7.58. The monoisotopic (exact) mass is 279 g/mol. The molecule has 1 aromatic rings. The largest absolute Gasteiger partial charge is 0.310 e. The minimum atomic E-state index is -0.0774. The zero-order chi connectivity index (χ0) is 14.8. The fourth-order valence-electron chi connectivity index (χ4n) is 2.71. The van der Waals surface area contributed by atoms with E-state index in [1.807, 2.05) is 12.1 Å². The molecule has 114 valence electrons. The maximum atomic E-state index is 14.0. The van der Waals surface area contributed by atoms with Crippen LogP contribution in [0.25, 0.3) is 0 Å². The molecule has 1 rings (SSSR count). The molecule has 2 atom stereocenters. The fraction of sp³-hybridized carbons (Fsp3) is 0.667. The molecule has 0 aliphatic rings. The van der Waals surface area contributed by atoms with Crippen LogP contribution in [-0.4, -0.2) is 6.54 Å². The van der Waals surface area contributed by atoms with Gasteiger partial charge in [-0.15, -0.1) is 0 Å². The molecule has 0 saturated heterocycles. The summed E-state index contributed by atoms with van der Waals surface area (Å²) < 4.78 is 14.0. The van der Waals surface area contributed by atoms with Gasteiger partial charge in [0.05, 0.1) is 0 Å². The van der Waals surface area contributed by atoms with E-state index in [1.54, 1.807) is 12.1 Å². The number of benzene rings is 1. The zero-order valence-electron chi connectivity index (χ0n) is 13.3. The van der Waals surface area contributed by atoms with Crippen molar-refractivity contribution in [2.75, 3.05) is 6.54 Å². The predicted octanol–water partition coefficient (Wildman–Crippen LogP) is 5.47. The van der Waals surface area contributed by atoms with Crippen molar-refractivity contribution in [2.45, 2.75) is 65.3 Å². The second kappa shape index (κ2) is 9.93. The van der Waals surface area contributed by atoms with Crippen LogP contribution in [0.15, 0.2) is 24.3 Å². The summed E-state index contributed by atoms with van der Waals surface area (Å²) in [5, 5.41) is 3.53. The van der Waals surface area contributed by atoms with Crippen LogP contribution in [-0.2, 0) is 0 Å². The molecule has 0 aliphatic heterocycles. The van der Waals surface area contributed by atoms with Gasteiger partial charge in [0, 0.05) is 11.6 Å². The Balaban J connectivity index is 2.75. The van der Waals surface area contributed by atoms with E-state index in [-0.39, 0.29) is 11.9 Å². The van der Waals surface area contributed by atoms with Crippen molar-refractivity contribution in [2.24, 2.45) is 5.92 Å². The molecule has 1 N–H and O–H groups in total. The lowest BCUT2D eigenvalue weighted by Crippen LogP contribution is -2.25. The Labute approximate surface area is 124 Å². The van der Waals surface area contributed by atoms with Crippen molar-refractivity contribution >= 4 is 0 Å². The van der Waals surface area contributed by atoms with Crippen LogP contribution in [0.3, 0.4) is 0 Å². The van der Waals surface area contributed by atoms with E-state index in [0.717, 1.165) is 24.9 Å². The summed E-state index contributed by atoms with van der Waals surface area (Å²) in [4.78, 5) is 0. The van der Waals surface area contributed by atoms with E-state index >= 15 is 0 Å². The lowest BCUT2D eigenvalue weighted by Gasteiger charge is -2.24. The van der Waals surface area contributed by atoms with Gasteiger partial charge in [-0.25, -0.2) is 4.39 Å². The van der Waals surface area contributed by atoms with Gasteiger partial charge in [0.15, 0.2) is 0 Å². The summed E-state index contributed by atoms with van der Waals surface area (Å²) in [5.41, 5.74) is 0.830. The van der Waals surface area contributed by atoms with E-state index in [9.17, 15) is 4.39 Å². The standard InChI is InChI=1S/C18H30FN/c1-4-7-10-15(6-3)14-18(20-13-5-2)16-11-8-9-12-17(16)19/h8-9,11-12,15,18,20H,4-7,10,13-14H2,1-3H3. The maximum absolute atomic E-state index is 14.0. The smallest absolute Gasteiger partial charge is 0.127 e. The summed E-state index contributed by atoms with van der Waals surface area (Å²) in [5.74, 6) is 0.607. The molecule has 0 amide bonds. The summed E-state index contributed by atoms with van der Waals surface area (Å²) in [7, 11) is 0. The lowest BCUT2D eigenvalue weighted by atomic mass is 9.89. The number of hydrogen-bond donors (Lipinski definition) is 1. The van der Waals surface area contributed by atoms with Crippen molar-refractivity contribution in [3.63, 3.8) is 0 Å². The number of unbranched alkanes of at least 4 members (excludes halogenated alkanes) is 1. The molecule has 0 aliphatic carbocycles. The van der Waals surface area contributed by atoms with E-state index in [2.05, 4.69) is 26.1 Å². The minimum absolute atomic E-state index is 0.0774. The van der Waals surface area contributed by atoms with Gasteiger partial charge in [0.2, 0.25) is 0 Å². The molecule has 1 aromatic carbocycles. The summed E-state index contributed by atoms with van der Waals surface area (Å²) >= 11 is 0. The van der Waals surface area contributed by atoms with Crippen molar-refractivity contribution in [3.05, 3.63) is 35.6 Å². The molecule has 0 bridgehead atoms. The zero-order valence-corrected chi connectivity index (χ0v) is 13.3. The second-order valence-corrected chi connectivity index (χ2v) is 5.68. The minimum Gasteiger partial charge on any atom is -0.310 e. The molecule has 0 fully saturated rings. The Morgan fingerprint density at radius 2 is 1.85 bits per heavy atom. The summed E-state index contributed by atoms with van der Waals surface area (Å²) in [6.07, 6.45) is 7.07. The Hall–Kier alpha value is -0.890. The van der Waals surface area contributed by atoms with Gasteiger partial charge in [-0.1, -0.05) is 64.7 Å². The fourth-order valence-corrected chi connectivity index (χ4v) is 2.71. The van der Waals surface area contributed by atoms with E-state index in [4.69, 9.17) is 0 Å². The highest BCUT2D eigenvalue weighted by Gasteiger charge is 2.18. The van der Waals surface area contributed by atoms with Gasteiger partial charge in [0.1, 0.15) is 5.82 Å². The van der Waals surface area contributed by atoms with Crippen LogP contribution < -0.4 is 5.32 Å². The van der Waals surface area contributed by atoms with Gasteiger partial charge in [-0.2, -0.15) is 0 Å². The van der Waals surface area contributed by atoms with Crippen molar-refractivity contribution in [1.82, 2.24) is 5.32 Å². The molecule has 0 heterocycles.